The van der Waals surface area contributed by atoms with Gasteiger partial charge in [-0.05, 0) is 30.5 Å². The van der Waals surface area contributed by atoms with Crippen molar-refractivity contribution in [2.75, 3.05) is 6.26 Å². The van der Waals surface area contributed by atoms with Gasteiger partial charge in [-0.1, -0.05) is 23.5 Å². The number of rotatable bonds is 3. The van der Waals surface area contributed by atoms with E-state index in [0.29, 0.717) is 5.17 Å². The Hall–Kier alpha value is -1.91. The molecule has 0 amide bonds. The van der Waals surface area contributed by atoms with Crippen molar-refractivity contribution < 1.29 is 0 Å². The molecule has 0 bridgehead atoms. The predicted octanol–water partition coefficient (Wildman–Crippen LogP) is 2.99. The maximum Gasteiger partial charge on any atom is 0.183 e. The Morgan fingerprint density at radius 1 is 1.40 bits per heavy atom. The number of aryl methyl sites for hydroxylation is 1. The van der Waals surface area contributed by atoms with Gasteiger partial charge in [-0.25, -0.2) is 9.98 Å². The molecule has 1 N–H and O–H groups in total. The summed E-state index contributed by atoms with van der Waals surface area (Å²) in [7, 11) is 1.96. The monoisotopic (exact) mass is 303 g/mol. The van der Waals surface area contributed by atoms with Gasteiger partial charge in [0.15, 0.2) is 16.5 Å². The molecule has 20 heavy (non-hydrogen) atoms. The fraction of sp³-hybridized carbons (Fsp3) is 0.154. The lowest BCUT2D eigenvalue weighted by molar-refractivity contribution is 0.790. The minimum absolute atomic E-state index is 0.581. The highest BCUT2D eigenvalue weighted by atomic mass is 32.2. The molecule has 0 spiro atoms. The molecular formula is C13H13N5S2. The third-order valence-corrected chi connectivity index (χ3v) is 4.07. The maximum absolute atomic E-state index is 8.59. The molecule has 0 unspecified atom stereocenters. The first-order valence-corrected chi connectivity index (χ1v) is 7.80. The van der Waals surface area contributed by atoms with Crippen LogP contribution in [0.4, 0.5) is 5.69 Å². The minimum atomic E-state index is 0.581. The summed E-state index contributed by atoms with van der Waals surface area (Å²) < 4.78 is 1.97. The van der Waals surface area contributed by atoms with E-state index in [9.17, 15) is 0 Å². The number of nitriles is 1. The molecule has 0 saturated carbocycles. The Bertz CT molecular complexity index is 640. The summed E-state index contributed by atoms with van der Waals surface area (Å²) in [5, 5.41) is 12.7. The maximum atomic E-state index is 8.59. The quantitative estimate of drug-likeness (QED) is 0.409. The van der Waals surface area contributed by atoms with Crippen molar-refractivity contribution >= 4 is 34.4 Å². The van der Waals surface area contributed by atoms with Gasteiger partial charge in [0.25, 0.3) is 0 Å². The first-order valence-electron chi connectivity index (χ1n) is 5.76. The number of hydrogen-bond donors (Lipinski definition) is 1. The molecule has 0 fully saturated rings. The number of nitrogens with one attached hydrogen (secondary N) is 1. The highest BCUT2D eigenvalue weighted by Gasteiger charge is 2.02. The second-order valence-corrected chi connectivity index (χ2v) is 5.61. The SMILES string of the molecule is CSC(=Nc1ccc(Sc2nccn2C)cc1)NC#N. The van der Waals surface area contributed by atoms with Crippen molar-refractivity contribution in [2.24, 2.45) is 12.0 Å². The zero-order valence-electron chi connectivity index (χ0n) is 11.1. The molecule has 1 heterocycles. The topological polar surface area (TPSA) is 66.0 Å². The van der Waals surface area contributed by atoms with Crippen LogP contribution in [0.2, 0.25) is 0 Å². The molecule has 0 atom stereocenters. The van der Waals surface area contributed by atoms with E-state index in [1.54, 1.807) is 18.0 Å². The Labute approximate surface area is 126 Å². The van der Waals surface area contributed by atoms with Crippen LogP contribution >= 0.6 is 23.5 Å². The fourth-order valence-electron chi connectivity index (χ4n) is 1.43. The molecule has 7 heteroatoms. The summed E-state index contributed by atoms with van der Waals surface area (Å²) in [5.41, 5.74) is 0.807. The van der Waals surface area contributed by atoms with Crippen LogP contribution in [0.1, 0.15) is 0 Å². The summed E-state index contributed by atoms with van der Waals surface area (Å²) in [5.74, 6) is 0. The van der Waals surface area contributed by atoms with Crippen molar-refractivity contribution in [3.8, 4) is 6.19 Å². The Morgan fingerprint density at radius 2 is 2.15 bits per heavy atom. The van der Waals surface area contributed by atoms with Crippen LogP contribution in [0.5, 0.6) is 0 Å². The van der Waals surface area contributed by atoms with Gasteiger partial charge in [-0.2, -0.15) is 5.26 Å². The van der Waals surface area contributed by atoms with Gasteiger partial charge >= 0.3 is 0 Å². The summed E-state index contributed by atoms with van der Waals surface area (Å²) >= 11 is 2.99. The number of amidine groups is 1. The number of imidazole rings is 1. The molecule has 2 rings (SSSR count). The van der Waals surface area contributed by atoms with Crippen molar-refractivity contribution in [3.05, 3.63) is 36.7 Å². The lowest BCUT2D eigenvalue weighted by atomic mass is 10.3. The predicted molar refractivity (Wildman–Crippen MR) is 83.1 cm³/mol. The van der Waals surface area contributed by atoms with Gasteiger partial charge in [-0.15, -0.1) is 0 Å². The van der Waals surface area contributed by atoms with Crippen molar-refractivity contribution in [2.45, 2.75) is 10.1 Å². The second kappa shape index (κ2) is 7.03. The van der Waals surface area contributed by atoms with E-state index in [1.807, 2.05) is 54.5 Å². The number of hydrogen-bond acceptors (Lipinski definition) is 5. The highest BCUT2D eigenvalue weighted by Crippen LogP contribution is 2.27. The summed E-state index contributed by atoms with van der Waals surface area (Å²) in [4.78, 5) is 9.70. The van der Waals surface area contributed by atoms with Gasteiger partial charge in [0.2, 0.25) is 0 Å². The molecule has 0 radical (unpaired) electrons. The summed E-state index contributed by atoms with van der Waals surface area (Å²) in [6.07, 6.45) is 7.43. The first kappa shape index (κ1) is 14.5. The minimum Gasteiger partial charge on any atom is -0.329 e. The third-order valence-electron chi connectivity index (χ3n) is 2.41. The summed E-state index contributed by atoms with van der Waals surface area (Å²) in [6, 6.07) is 7.81. The van der Waals surface area contributed by atoms with Crippen LogP contribution in [0.3, 0.4) is 0 Å². The van der Waals surface area contributed by atoms with E-state index in [4.69, 9.17) is 5.26 Å². The third kappa shape index (κ3) is 3.79. The number of thioether (sulfide) groups is 1. The molecule has 0 aliphatic carbocycles. The van der Waals surface area contributed by atoms with Gasteiger partial charge in [-0.3, -0.25) is 5.32 Å². The molecule has 5 nitrogen and oxygen atoms in total. The zero-order valence-corrected chi connectivity index (χ0v) is 12.7. The largest absolute Gasteiger partial charge is 0.329 e. The number of nitrogens with zero attached hydrogens (tertiary/aromatic N) is 4. The van der Waals surface area contributed by atoms with Crippen LogP contribution in [-0.2, 0) is 7.05 Å². The first-order chi connectivity index (χ1) is 9.72. The number of aliphatic imine (C=N–C) groups is 1. The van der Waals surface area contributed by atoms with Crippen LogP contribution in [0, 0.1) is 11.5 Å². The molecule has 0 saturated heterocycles. The molecule has 0 aliphatic rings. The average molecular weight is 303 g/mol. The van der Waals surface area contributed by atoms with E-state index in [1.165, 1.54) is 11.8 Å². The standard InChI is InChI=1S/C13H13N5S2/c1-18-8-7-15-13(18)20-11-5-3-10(4-6-11)17-12(19-2)16-9-14/h3-8H,1-2H3,(H,16,17). The van der Waals surface area contributed by atoms with Gasteiger partial charge in [0.1, 0.15) is 0 Å². The normalized spacial score (nSPS) is 11.2. The van der Waals surface area contributed by atoms with Crippen LogP contribution < -0.4 is 5.32 Å². The number of aromatic nitrogens is 2. The lowest BCUT2D eigenvalue weighted by Crippen LogP contribution is -2.12. The van der Waals surface area contributed by atoms with Crippen molar-refractivity contribution in [1.29, 1.82) is 5.26 Å². The molecule has 0 aliphatic heterocycles. The molecule has 102 valence electrons. The fourth-order valence-corrected chi connectivity index (χ4v) is 2.58. The molecular weight excluding hydrogens is 290 g/mol. The number of benzene rings is 1. The van der Waals surface area contributed by atoms with Gasteiger partial charge in [0.05, 0.1) is 5.69 Å². The second-order valence-electron chi connectivity index (χ2n) is 3.77. The average Bonchev–Trinajstić information content (AvgIpc) is 2.86. The van der Waals surface area contributed by atoms with Crippen molar-refractivity contribution in [3.63, 3.8) is 0 Å². The zero-order chi connectivity index (χ0) is 14.4. The van der Waals surface area contributed by atoms with Gasteiger partial charge in [0, 0.05) is 24.3 Å². The van der Waals surface area contributed by atoms with E-state index in [-0.39, 0.29) is 0 Å². The Morgan fingerprint density at radius 3 is 2.70 bits per heavy atom. The molecule has 2 aromatic rings. The molecule has 1 aromatic carbocycles. The van der Waals surface area contributed by atoms with Crippen LogP contribution in [0.25, 0.3) is 0 Å². The van der Waals surface area contributed by atoms with E-state index >= 15 is 0 Å². The van der Waals surface area contributed by atoms with E-state index < -0.39 is 0 Å². The van der Waals surface area contributed by atoms with Crippen LogP contribution in [0.15, 0.2) is 51.7 Å². The Balaban J connectivity index is 2.10. The van der Waals surface area contributed by atoms with E-state index in [2.05, 4.69) is 15.3 Å². The van der Waals surface area contributed by atoms with Gasteiger partial charge < -0.3 is 4.57 Å². The highest BCUT2D eigenvalue weighted by molar-refractivity contribution is 8.13. The van der Waals surface area contributed by atoms with Crippen molar-refractivity contribution in [1.82, 2.24) is 14.9 Å². The smallest absolute Gasteiger partial charge is 0.183 e. The Kier molecular flexibility index (Phi) is 5.09. The summed E-state index contributed by atoms with van der Waals surface area (Å²) in [6.45, 7) is 0. The van der Waals surface area contributed by atoms with E-state index in [0.717, 1.165) is 15.7 Å². The lowest BCUT2D eigenvalue weighted by Gasteiger charge is -2.03. The van der Waals surface area contributed by atoms with Crippen LogP contribution in [-0.4, -0.2) is 21.0 Å². The molecule has 1 aromatic heterocycles.